The summed E-state index contributed by atoms with van der Waals surface area (Å²) in [7, 11) is 0. The summed E-state index contributed by atoms with van der Waals surface area (Å²) in [6.45, 7) is 5.16. The summed E-state index contributed by atoms with van der Waals surface area (Å²) in [6.07, 6.45) is 10.3. The van der Waals surface area contributed by atoms with Crippen molar-refractivity contribution in [3.8, 4) is 0 Å². The monoisotopic (exact) mass is 224 g/mol. The topological polar surface area (TPSA) is 38.1 Å². The summed E-state index contributed by atoms with van der Waals surface area (Å²) in [4.78, 5) is 4.21. The molecule has 0 aromatic carbocycles. The molecule has 1 heterocycles. The lowest BCUT2D eigenvalue weighted by Gasteiger charge is -2.11. The second kappa shape index (κ2) is 7.44. The molecular formula is C13H24N2O. The largest absolute Gasteiger partial charge is 0.385 e. The molecule has 1 unspecified atom stereocenters. The Morgan fingerprint density at radius 1 is 1.25 bits per heavy atom. The van der Waals surface area contributed by atoms with Crippen molar-refractivity contribution in [2.45, 2.75) is 65.0 Å². The fourth-order valence-electron chi connectivity index (χ4n) is 1.96. The zero-order chi connectivity index (χ0) is 11.8. The average molecular weight is 224 g/mol. The van der Waals surface area contributed by atoms with Crippen LogP contribution in [0.2, 0.25) is 0 Å². The summed E-state index contributed by atoms with van der Waals surface area (Å²) >= 11 is 0. The van der Waals surface area contributed by atoms with Gasteiger partial charge in [0.15, 0.2) is 0 Å². The van der Waals surface area contributed by atoms with Gasteiger partial charge in [-0.25, -0.2) is 4.98 Å². The van der Waals surface area contributed by atoms with Crippen LogP contribution in [0.1, 0.15) is 64.3 Å². The molecule has 1 aromatic rings. The van der Waals surface area contributed by atoms with Gasteiger partial charge in [-0.05, 0) is 13.3 Å². The van der Waals surface area contributed by atoms with E-state index in [1.54, 1.807) is 6.20 Å². The van der Waals surface area contributed by atoms with Crippen molar-refractivity contribution < 1.29 is 5.11 Å². The van der Waals surface area contributed by atoms with E-state index in [0.717, 1.165) is 25.2 Å². The van der Waals surface area contributed by atoms with E-state index in [1.807, 2.05) is 10.8 Å². The third-order valence-corrected chi connectivity index (χ3v) is 2.97. The van der Waals surface area contributed by atoms with Gasteiger partial charge in [0, 0.05) is 18.9 Å². The van der Waals surface area contributed by atoms with Crippen molar-refractivity contribution in [2.75, 3.05) is 0 Å². The summed E-state index contributed by atoms with van der Waals surface area (Å²) in [5.41, 5.74) is 0. The maximum Gasteiger partial charge on any atom is 0.137 e. The van der Waals surface area contributed by atoms with Crippen LogP contribution in [0.25, 0.3) is 0 Å². The molecule has 92 valence electrons. The van der Waals surface area contributed by atoms with Crippen LogP contribution in [0.4, 0.5) is 0 Å². The molecule has 1 N–H and O–H groups in total. The predicted octanol–water partition coefficient (Wildman–Crippen LogP) is 3.30. The minimum Gasteiger partial charge on any atom is -0.385 e. The molecule has 0 radical (unpaired) electrons. The highest BCUT2D eigenvalue weighted by atomic mass is 16.3. The van der Waals surface area contributed by atoms with Crippen LogP contribution in [0.5, 0.6) is 0 Å². The summed E-state index contributed by atoms with van der Waals surface area (Å²) in [6, 6.07) is 0. The van der Waals surface area contributed by atoms with Gasteiger partial charge in [0.05, 0.1) is 0 Å². The van der Waals surface area contributed by atoms with E-state index in [0.29, 0.717) is 0 Å². The summed E-state index contributed by atoms with van der Waals surface area (Å²) in [5.74, 6) is 0.818. The van der Waals surface area contributed by atoms with Gasteiger partial charge in [-0.2, -0.15) is 0 Å². The number of aliphatic hydroxyl groups is 1. The highest BCUT2D eigenvalue weighted by Gasteiger charge is 2.12. The van der Waals surface area contributed by atoms with Gasteiger partial charge in [-0.1, -0.05) is 39.0 Å². The molecule has 0 aliphatic heterocycles. The number of aromatic nitrogens is 2. The highest BCUT2D eigenvalue weighted by molar-refractivity contribution is 4.96. The smallest absolute Gasteiger partial charge is 0.137 e. The SMILES string of the molecule is CCCCCCCC(O)c1nccn1CC. The van der Waals surface area contributed by atoms with Gasteiger partial charge in [0.2, 0.25) is 0 Å². The highest BCUT2D eigenvalue weighted by Crippen LogP contribution is 2.18. The van der Waals surface area contributed by atoms with Crippen molar-refractivity contribution in [1.29, 1.82) is 0 Å². The Morgan fingerprint density at radius 3 is 2.69 bits per heavy atom. The fraction of sp³-hybridized carbons (Fsp3) is 0.769. The molecule has 0 aliphatic carbocycles. The lowest BCUT2D eigenvalue weighted by molar-refractivity contribution is 0.149. The Labute approximate surface area is 98.5 Å². The second-order valence-electron chi connectivity index (χ2n) is 4.29. The van der Waals surface area contributed by atoms with E-state index >= 15 is 0 Å². The Bertz CT molecular complexity index is 283. The number of hydrogen-bond donors (Lipinski definition) is 1. The molecule has 0 amide bonds. The van der Waals surface area contributed by atoms with Gasteiger partial charge in [-0.3, -0.25) is 0 Å². The van der Waals surface area contributed by atoms with Crippen LogP contribution in [0.15, 0.2) is 12.4 Å². The van der Waals surface area contributed by atoms with Crippen LogP contribution >= 0.6 is 0 Å². The molecule has 0 bridgehead atoms. The van der Waals surface area contributed by atoms with Crippen molar-refractivity contribution >= 4 is 0 Å². The molecule has 3 heteroatoms. The number of imidazole rings is 1. The van der Waals surface area contributed by atoms with Crippen molar-refractivity contribution in [3.05, 3.63) is 18.2 Å². The number of hydrogen-bond acceptors (Lipinski definition) is 2. The van der Waals surface area contributed by atoms with E-state index in [2.05, 4.69) is 18.8 Å². The first-order valence-corrected chi connectivity index (χ1v) is 6.48. The molecule has 16 heavy (non-hydrogen) atoms. The van der Waals surface area contributed by atoms with Crippen LogP contribution in [0.3, 0.4) is 0 Å². The fourth-order valence-corrected chi connectivity index (χ4v) is 1.96. The summed E-state index contributed by atoms with van der Waals surface area (Å²) < 4.78 is 2.01. The zero-order valence-corrected chi connectivity index (χ0v) is 10.5. The molecule has 1 aromatic heterocycles. The lowest BCUT2D eigenvalue weighted by atomic mass is 10.1. The molecule has 0 fully saturated rings. The number of rotatable bonds is 8. The Kier molecular flexibility index (Phi) is 6.16. The van der Waals surface area contributed by atoms with E-state index in [-0.39, 0.29) is 0 Å². The lowest BCUT2D eigenvalue weighted by Crippen LogP contribution is -2.07. The Morgan fingerprint density at radius 2 is 2.00 bits per heavy atom. The standard InChI is InChI=1S/C13H24N2O/c1-3-5-6-7-8-9-12(16)13-14-10-11-15(13)4-2/h10-12,16H,3-9H2,1-2H3. The molecule has 1 atom stereocenters. The first-order valence-electron chi connectivity index (χ1n) is 6.48. The van der Waals surface area contributed by atoms with Crippen molar-refractivity contribution in [3.63, 3.8) is 0 Å². The number of aryl methyl sites for hydroxylation is 1. The second-order valence-corrected chi connectivity index (χ2v) is 4.29. The van der Waals surface area contributed by atoms with Crippen LogP contribution in [-0.4, -0.2) is 14.7 Å². The molecule has 0 aliphatic rings. The third kappa shape index (κ3) is 3.97. The van der Waals surface area contributed by atoms with E-state index < -0.39 is 6.10 Å². The minimum absolute atomic E-state index is 0.392. The third-order valence-electron chi connectivity index (χ3n) is 2.97. The average Bonchev–Trinajstić information content (AvgIpc) is 2.76. The van der Waals surface area contributed by atoms with Gasteiger partial charge < -0.3 is 9.67 Å². The van der Waals surface area contributed by atoms with Gasteiger partial charge >= 0.3 is 0 Å². The van der Waals surface area contributed by atoms with E-state index in [9.17, 15) is 5.11 Å². The normalized spacial score (nSPS) is 12.9. The first-order chi connectivity index (χ1) is 7.79. The number of aliphatic hydroxyl groups excluding tert-OH is 1. The van der Waals surface area contributed by atoms with Gasteiger partial charge in [-0.15, -0.1) is 0 Å². The molecule has 0 saturated carbocycles. The quantitative estimate of drug-likeness (QED) is 0.688. The van der Waals surface area contributed by atoms with Crippen molar-refractivity contribution in [1.82, 2.24) is 9.55 Å². The molecule has 0 saturated heterocycles. The van der Waals surface area contributed by atoms with Crippen LogP contribution < -0.4 is 0 Å². The van der Waals surface area contributed by atoms with E-state index in [1.165, 1.54) is 25.7 Å². The van der Waals surface area contributed by atoms with Gasteiger partial charge in [0.1, 0.15) is 11.9 Å². The molecular weight excluding hydrogens is 200 g/mol. The minimum atomic E-state index is -0.392. The Balaban J connectivity index is 2.27. The number of nitrogens with zero attached hydrogens (tertiary/aromatic N) is 2. The maximum absolute atomic E-state index is 9.99. The molecule has 0 spiro atoms. The summed E-state index contributed by atoms with van der Waals surface area (Å²) in [5, 5.41) is 9.99. The predicted molar refractivity (Wildman–Crippen MR) is 66.2 cm³/mol. The first kappa shape index (κ1) is 13.2. The van der Waals surface area contributed by atoms with E-state index in [4.69, 9.17) is 0 Å². The maximum atomic E-state index is 9.99. The number of unbranched alkanes of at least 4 members (excludes halogenated alkanes) is 4. The van der Waals surface area contributed by atoms with Crippen molar-refractivity contribution in [2.24, 2.45) is 0 Å². The molecule has 3 nitrogen and oxygen atoms in total. The van der Waals surface area contributed by atoms with Crippen LogP contribution in [-0.2, 0) is 6.54 Å². The zero-order valence-electron chi connectivity index (χ0n) is 10.5. The van der Waals surface area contributed by atoms with Gasteiger partial charge in [0.25, 0.3) is 0 Å². The molecule has 1 rings (SSSR count). The Hall–Kier alpha value is -0.830. The van der Waals surface area contributed by atoms with Crippen LogP contribution in [0, 0.1) is 0 Å².